The minimum Gasteiger partial charge on any atom is -0.478 e. The number of nitrogens with zero attached hydrogens (tertiary/aromatic N) is 1. The number of carbonyl (C=O) groups excluding carboxylic acids is 1. The Morgan fingerprint density at radius 3 is 2.36 bits per heavy atom. The number of amides is 1. The lowest BCUT2D eigenvalue weighted by Crippen LogP contribution is -2.50. The maximum absolute atomic E-state index is 12.8. The number of anilines is 1. The second kappa shape index (κ2) is 12.4. The standard InChI is InChI=1S/C26H36N4O3/c1-2-6-23(28-21-11-9-20(10-12-21)26(32)33)17-24(27)25(31)29-22-13-15-30(16-14-22)18-19-7-4-3-5-8-19/h3-5,7-12,22-24,28H,2,6,13-18,27H2,1H3,(H,29,31)(H,32,33). The Morgan fingerprint density at radius 1 is 1.09 bits per heavy atom. The zero-order valence-corrected chi connectivity index (χ0v) is 19.4. The van der Waals surface area contributed by atoms with Crippen LogP contribution in [-0.4, -0.2) is 53.1 Å². The highest BCUT2D eigenvalue weighted by molar-refractivity contribution is 5.88. The monoisotopic (exact) mass is 452 g/mol. The Morgan fingerprint density at radius 2 is 1.76 bits per heavy atom. The number of carboxylic acid groups (broad SMARTS) is 1. The van der Waals surface area contributed by atoms with Crippen LogP contribution in [0.15, 0.2) is 54.6 Å². The fraction of sp³-hybridized carbons (Fsp3) is 0.462. The molecule has 0 saturated carbocycles. The van der Waals surface area contributed by atoms with E-state index >= 15 is 0 Å². The molecule has 7 nitrogen and oxygen atoms in total. The maximum Gasteiger partial charge on any atom is 0.335 e. The summed E-state index contributed by atoms with van der Waals surface area (Å²) in [5, 5.41) is 15.6. The van der Waals surface area contributed by atoms with Crippen LogP contribution in [0.25, 0.3) is 0 Å². The quantitative estimate of drug-likeness (QED) is 0.416. The van der Waals surface area contributed by atoms with E-state index in [4.69, 9.17) is 10.8 Å². The van der Waals surface area contributed by atoms with Crippen LogP contribution in [0.4, 0.5) is 5.69 Å². The van der Waals surface area contributed by atoms with Gasteiger partial charge in [-0.25, -0.2) is 4.79 Å². The molecule has 1 heterocycles. The van der Waals surface area contributed by atoms with Crippen LogP contribution in [0.1, 0.15) is 54.9 Å². The first-order chi connectivity index (χ1) is 15.9. The molecule has 1 fully saturated rings. The van der Waals surface area contributed by atoms with Crippen LogP contribution < -0.4 is 16.4 Å². The fourth-order valence-corrected chi connectivity index (χ4v) is 4.34. The van der Waals surface area contributed by atoms with E-state index in [-0.39, 0.29) is 23.6 Å². The fourth-order valence-electron chi connectivity index (χ4n) is 4.34. The summed E-state index contributed by atoms with van der Waals surface area (Å²) < 4.78 is 0. The third-order valence-electron chi connectivity index (χ3n) is 6.20. The highest BCUT2D eigenvalue weighted by atomic mass is 16.4. The smallest absolute Gasteiger partial charge is 0.335 e. The molecule has 2 atom stereocenters. The lowest BCUT2D eigenvalue weighted by Gasteiger charge is -2.33. The molecule has 0 radical (unpaired) electrons. The summed E-state index contributed by atoms with van der Waals surface area (Å²) >= 11 is 0. The lowest BCUT2D eigenvalue weighted by molar-refractivity contribution is -0.123. The molecule has 1 amide bonds. The molecule has 1 aliphatic heterocycles. The van der Waals surface area contributed by atoms with Gasteiger partial charge < -0.3 is 21.5 Å². The van der Waals surface area contributed by atoms with Crippen molar-refractivity contribution in [1.29, 1.82) is 0 Å². The Bertz CT molecular complexity index is 880. The second-order valence-electron chi connectivity index (χ2n) is 8.90. The van der Waals surface area contributed by atoms with Crippen molar-refractivity contribution in [2.24, 2.45) is 5.73 Å². The lowest BCUT2D eigenvalue weighted by atomic mass is 10.00. The minimum atomic E-state index is -0.948. The van der Waals surface area contributed by atoms with E-state index in [1.807, 2.05) is 6.07 Å². The van der Waals surface area contributed by atoms with Gasteiger partial charge in [0.1, 0.15) is 0 Å². The molecule has 7 heteroatoms. The van der Waals surface area contributed by atoms with Gasteiger partial charge in [-0.1, -0.05) is 43.7 Å². The van der Waals surface area contributed by atoms with Crippen LogP contribution in [0.2, 0.25) is 0 Å². The van der Waals surface area contributed by atoms with Crippen molar-refractivity contribution in [3.8, 4) is 0 Å². The highest BCUT2D eigenvalue weighted by Gasteiger charge is 2.25. The Labute approximate surface area is 196 Å². The van der Waals surface area contributed by atoms with E-state index in [0.717, 1.165) is 51.0 Å². The predicted molar refractivity (Wildman–Crippen MR) is 131 cm³/mol. The highest BCUT2D eigenvalue weighted by Crippen LogP contribution is 2.17. The van der Waals surface area contributed by atoms with Gasteiger partial charge in [-0.15, -0.1) is 0 Å². The van der Waals surface area contributed by atoms with Gasteiger partial charge in [-0.2, -0.15) is 0 Å². The molecular weight excluding hydrogens is 416 g/mol. The van der Waals surface area contributed by atoms with Crippen molar-refractivity contribution in [2.45, 2.75) is 63.7 Å². The number of hydrogen-bond acceptors (Lipinski definition) is 5. The molecule has 1 aliphatic rings. The molecule has 0 spiro atoms. The third-order valence-corrected chi connectivity index (χ3v) is 6.20. The molecular formula is C26H36N4O3. The molecule has 0 aromatic heterocycles. The molecule has 1 saturated heterocycles. The van der Waals surface area contributed by atoms with E-state index in [9.17, 15) is 9.59 Å². The summed E-state index contributed by atoms with van der Waals surface area (Å²) in [6, 6.07) is 16.7. The van der Waals surface area contributed by atoms with Gasteiger partial charge in [0.15, 0.2) is 0 Å². The van der Waals surface area contributed by atoms with E-state index in [0.29, 0.717) is 6.42 Å². The maximum atomic E-state index is 12.8. The summed E-state index contributed by atoms with van der Waals surface area (Å²) in [5.41, 5.74) is 8.67. The summed E-state index contributed by atoms with van der Waals surface area (Å²) in [6.07, 6.45) is 4.21. The average Bonchev–Trinajstić information content (AvgIpc) is 2.81. The number of aromatic carboxylic acids is 1. The van der Waals surface area contributed by atoms with E-state index < -0.39 is 12.0 Å². The summed E-state index contributed by atoms with van der Waals surface area (Å²) in [4.78, 5) is 26.2. The Hall–Kier alpha value is -2.90. The number of benzene rings is 2. The van der Waals surface area contributed by atoms with E-state index in [1.54, 1.807) is 24.3 Å². The van der Waals surface area contributed by atoms with Crippen LogP contribution in [-0.2, 0) is 11.3 Å². The van der Waals surface area contributed by atoms with Crippen molar-refractivity contribution < 1.29 is 14.7 Å². The van der Waals surface area contributed by atoms with Gasteiger partial charge >= 0.3 is 5.97 Å². The molecule has 5 N–H and O–H groups in total. The van der Waals surface area contributed by atoms with Gasteiger partial charge in [-0.3, -0.25) is 9.69 Å². The van der Waals surface area contributed by atoms with Gasteiger partial charge in [0.2, 0.25) is 5.91 Å². The van der Waals surface area contributed by atoms with Crippen molar-refractivity contribution in [3.63, 3.8) is 0 Å². The number of carbonyl (C=O) groups is 2. The number of piperidine rings is 1. The molecule has 2 aromatic rings. The summed E-state index contributed by atoms with van der Waals surface area (Å²) in [6.45, 7) is 4.96. The van der Waals surface area contributed by atoms with Crippen LogP contribution >= 0.6 is 0 Å². The zero-order chi connectivity index (χ0) is 23.6. The Kier molecular flexibility index (Phi) is 9.27. The first-order valence-corrected chi connectivity index (χ1v) is 11.9. The van der Waals surface area contributed by atoms with Crippen molar-refractivity contribution >= 4 is 17.6 Å². The largest absolute Gasteiger partial charge is 0.478 e. The van der Waals surface area contributed by atoms with Crippen LogP contribution in [0.3, 0.4) is 0 Å². The van der Waals surface area contributed by atoms with Gasteiger partial charge in [0, 0.05) is 37.4 Å². The molecule has 178 valence electrons. The predicted octanol–water partition coefficient (Wildman–Crippen LogP) is 3.46. The number of nitrogens with one attached hydrogen (secondary N) is 2. The zero-order valence-electron chi connectivity index (χ0n) is 19.4. The normalized spacial score (nSPS) is 16.7. The Balaban J connectivity index is 1.44. The van der Waals surface area contributed by atoms with Crippen molar-refractivity contribution in [3.05, 3.63) is 65.7 Å². The molecule has 3 rings (SSSR count). The number of likely N-dealkylation sites (tertiary alicyclic amines) is 1. The minimum absolute atomic E-state index is 0.0409. The average molecular weight is 453 g/mol. The molecule has 0 bridgehead atoms. The third kappa shape index (κ3) is 7.87. The first kappa shape index (κ1) is 24.7. The summed E-state index contributed by atoms with van der Waals surface area (Å²) in [5.74, 6) is -1.04. The van der Waals surface area contributed by atoms with E-state index in [2.05, 4.69) is 46.7 Å². The number of carboxylic acids is 1. The second-order valence-corrected chi connectivity index (χ2v) is 8.90. The first-order valence-electron chi connectivity index (χ1n) is 11.9. The number of nitrogens with two attached hydrogens (primary N) is 1. The summed E-state index contributed by atoms with van der Waals surface area (Å²) in [7, 11) is 0. The van der Waals surface area contributed by atoms with E-state index in [1.165, 1.54) is 5.56 Å². The van der Waals surface area contributed by atoms with Gasteiger partial charge in [0.05, 0.1) is 11.6 Å². The number of rotatable bonds is 11. The van der Waals surface area contributed by atoms with Crippen LogP contribution in [0, 0.1) is 0 Å². The molecule has 2 aromatic carbocycles. The molecule has 33 heavy (non-hydrogen) atoms. The molecule has 2 unspecified atom stereocenters. The van der Waals surface area contributed by atoms with Crippen molar-refractivity contribution in [1.82, 2.24) is 10.2 Å². The van der Waals surface area contributed by atoms with Gasteiger partial charge in [0.25, 0.3) is 0 Å². The topological polar surface area (TPSA) is 108 Å². The molecule has 0 aliphatic carbocycles. The number of hydrogen-bond donors (Lipinski definition) is 4. The SMILES string of the molecule is CCCC(CC(N)C(=O)NC1CCN(Cc2ccccc2)CC1)Nc1ccc(C(=O)O)cc1. The van der Waals surface area contributed by atoms with Gasteiger partial charge in [-0.05, 0) is 55.5 Å². The van der Waals surface area contributed by atoms with Crippen LogP contribution in [0.5, 0.6) is 0 Å². The van der Waals surface area contributed by atoms with Crippen molar-refractivity contribution in [2.75, 3.05) is 18.4 Å².